The summed E-state index contributed by atoms with van der Waals surface area (Å²) in [7, 11) is 0. The van der Waals surface area contributed by atoms with Crippen LogP contribution in [0.15, 0.2) is 30.3 Å². The van der Waals surface area contributed by atoms with Crippen molar-refractivity contribution in [1.29, 1.82) is 0 Å². The summed E-state index contributed by atoms with van der Waals surface area (Å²) in [5.41, 5.74) is 7.20. The monoisotopic (exact) mass is 191 g/mol. The van der Waals surface area contributed by atoms with Crippen LogP contribution in [0.5, 0.6) is 0 Å². The van der Waals surface area contributed by atoms with Crippen molar-refractivity contribution in [1.82, 2.24) is 0 Å². The van der Waals surface area contributed by atoms with Crippen LogP contribution in [0.2, 0.25) is 0 Å². The molecule has 0 aliphatic rings. The number of benzene rings is 1. The molecule has 0 aliphatic heterocycles. The van der Waals surface area contributed by atoms with Gasteiger partial charge >= 0.3 is 0 Å². The van der Waals surface area contributed by atoms with Gasteiger partial charge in [0.2, 0.25) is 0 Å². The van der Waals surface area contributed by atoms with Crippen LogP contribution >= 0.6 is 0 Å². The predicted octanol–water partition coefficient (Wildman–Crippen LogP) is 2.85. The minimum Gasteiger partial charge on any atom is -0.330 e. The second-order valence-corrected chi connectivity index (χ2v) is 4.07. The Kier molecular flexibility index (Phi) is 4.68. The summed E-state index contributed by atoms with van der Waals surface area (Å²) in [4.78, 5) is 0. The van der Waals surface area contributed by atoms with E-state index in [4.69, 9.17) is 5.73 Å². The molecule has 0 heterocycles. The molecule has 0 fully saturated rings. The van der Waals surface area contributed by atoms with Crippen molar-refractivity contribution in [3.8, 4) is 0 Å². The first-order valence-corrected chi connectivity index (χ1v) is 5.52. The van der Waals surface area contributed by atoms with E-state index in [-0.39, 0.29) is 0 Å². The van der Waals surface area contributed by atoms with E-state index in [1.54, 1.807) is 0 Å². The molecule has 14 heavy (non-hydrogen) atoms. The van der Waals surface area contributed by atoms with Gasteiger partial charge in [0.1, 0.15) is 0 Å². The Balaban J connectivity index is 2.57. The Morgan fingerprint density at radius 1 is 1.21 bits per heavy atom. The van der Waals surface area contributed by atoms with Gasteiger partial charge in [-0.2, -0.15) is 0 Å². The molecule has 0 amide bonds. The molecule has 2 N–H and O–H groups in total. The summed E-state index contributed by atoms with van der Waals surface area (Å²) in [6.45, 7) is 5.32. The van der Waals surface area contributed by atoms with Crippen molar-refractivity contribution < 1.29 is 0 Å². The molecule has 1 rings (SSSR count). The highest BCUT2D eigenvalue weighted by Crippen LogP contribution is 2.18. The highest BCUT2D eigenvalue weighted by molar-refractivity contribution is 5.15. The van der Waals surface area contributed by atoms with Crippen LogP contribution in [-0.4, -0.2) is 6.54 Å². The van der Waals surface area contributed by atoms with Gasteiger partial charge in [-0.1, -0.05) is 50.6 Å². The van der Waals surface area contributed by atoms with Crippen LogP contribution < -0.4 is 5.73 Å². The van der Waals surface area contributed by atoms with E-state index in [0.29, 0.717) is 5.92 Å². The van der Waals surface area contributed by atoms with Crippen LogP contribution in [0.25, 0.3) is 0 Å². The van der Waals surface area contributed by atoms with Crippen molar-refractivity contribution in [2.75, 3.05) is 6.54 Å². The lowest BCUT2D eigenvalue weighted by Crippen LogP contribution is -2.23. The smallest absolute Gasteiger partial charge is 0.00431 e. The van der Waals surface area contributed by atoms with Crippen LogP contribution in [-0.2, 0) is 6.42 Å². The average Bonchev–Trinajstić information content (AvgIpc) is 2.26. The molecule has 0 aromatic heterocycles. The van der Waals surface area contributed by atoms with Gasteiger partial charge in [0.25, 0.3) is 0 Å². The van der Waals surface area contributed by atoms with E-state index in [9.17, 15) is 0 Å². The predicted molar refractivity (Wildman–Crippen MR) is 62.1 cm³/mol. The van der Waals surface area contributed by atoms with Crippen LogP contribution in [0.3, 0.4) is 0 Å². The molecule has 0 saturated carbocycles. The molecular formula is C13H21N. The van der Waals surface area contributed by atoms with Crippen molar-refractivity contribution in [3.63, 3.8) is 0 Å². The van der Waals surface area contributed by atoms with E-state index >= 15 is 0 Å². The maximum Gasteiger partial charge on any atom is -0.00431 e. The van der Waals surface area contributed by atoms with Gasteiger partial charge in [-0.3, -0.25) is 0 Å². The number of hydrogen-bond acceptors (Lipinski definition) is 1. The first-order valence-electron chi connectivity index (χ1n) is 5.52. The zero-order valence-corrected chi connectivity index (χ0v) is 9.24. The molecule has 2 atom stereocenters. The molecule has 0 aliphatic carbocycles. The zero-order chi connectivity index (χ0) is 10.4. The molecule has 0 radical (unpaired) electrons. The molecule has 1 heteroatoms. The van der Waals surface area contributed by atoms with E-state index in [1.807, 2.05) is 0 Å². The summed E-state index contributed by atoms with van der Waals surface area (Å²) in [6.07, 6.45) is 2.33. The first-order chi connectivity index (χ1) is 6.77. The molecule has 0 bridgehead atoms. The Hall–Kier alpha value is -0.820. The van der Waals surface area contributed by atoms with E-state index < -0.39 is 0 Å². The molecular weight excluding hydrogens is 170 g/mol. The minimum atomic E-state index is 0.627. The molecule has 2 unspecified atom stereocenters. The number of rotatable bonds is 5. The zero-order valence-electron chi connectivity index (χ0n) is 9.24. The standard InChI is InChI=1S/C13H21N/c1-3-11(2)13(10-14)9-12-7-5-4-6-8-12/h4-8,11,13H,3,9-10,14H2,1-2H3. The van der Waals surface area contributed by atoms with Gasteiger partial charge in [-0.25, -0.2) is 0 Å². The van der Waals surface area contributed by atoms with Crippen LogP contribution in [0, 0.1) is 11.8 Å². The largest absolute Gasteiger partial charge is 0.330 e. The Morgan fingerprint density at radius 2 is 1.86 bits per heavy atom. The summed E-state index contributed by atoms with van der Waals surface area (Å²) in [5.74, 6) is 1.35. The normalized spacial score (nSPS) is 15.1. The fourth-order valence-electron chi connectivity index (χ4n) is 1.77. The third-order valence-electron chi connectivity index (χ3n) is 3.09. The fraction of sp³-hybridized carbons (Fsp3) is 0.538. The lowest BCUT2D eigenvalue weighted by Gasteiger charge is -2.21. The summed E-state index contributed by atoms with van der Waals surface area (Å²) in [6, 6.07) is 10.6. The van der Waals surface area contributed by atoms with Gasteiger partial charge in [0, 0.05) is 0 Å². The highest BCUT2D eigenvalue weighted by atomic mass is 14.6. The number of nitrogens with two attached hydrogens (primary N) is 1. The molecule has 1 aromatic rings. The molecule has 0 spiro atoms. The maximum absolute atomic E-state index is 5.80. The van der Waals surface area contributed by atoms with E-state index in [2.05, 4.69) is 44.2 Å². The maximum atomic E-state index is 5.80. The second kappa shape index (κ2) is 5.82. The summed E-state index contributed by atoms with van der Waals surface area (Å²) >= 11 is 0. The molecule has 0 saturated heterocycles. The van der Waals surface area contributed by atoms with Gasteiger partial charge in [-0.15, -0.1) is 0 Å². The third kappa shape index (κ3) is 3.15. The quantitative estimate of drug-likeness (QED) is 0.761. The summed E-state index contributed by atoms with van der Waals surface area (Å²) < 4.78 is 0. The lowest BCUT2D eigenvalue weighted by molar-refractivity contribution is 0.354. The lowest BCUT2D eigenvalue weighted by atomic mass is 9.86. The Bertz CT molecular complexity index is 243. The van der Waals surface area contributed by atoms with Gasteiger partial charge in [-0.05, 0) is 30.4 Å². The number of hydrogen-bond donors (Lipinski definition) is 1. The average molecular weight is 191 g/mol. The van der Waals surface area contributed by atoms with E-state index in [0.717, 1.165) is 18.9 Å². The van der Waals surface area contributed by atoms with Crippen molar-refractivity contribution in [2.24, 2.45) is 17.6 Å². The van der Waals surface area contributed by atoms with Crippen LogP contribution in [0.4, 0.5) is 0 Å². The van der Waals surface area contributed by atoms with Crippen molar-refractivity contribution in [2.45, 2.75) is 26.7 Å². The topological polar surface area (TPSA) is 26.0 Å². The minimum absolute atomic E-state index is 0.627. The third-order valence-corrected chi connectivity index (χ3v) is 3.09. The Morgan fingerprint density at radius 3 is 2.36 bits per heavy atom. The first kappa shape index (κ1) is 11.3. The molecule has 1 aromatic carbocycles. The van der Waals surface area contributed by atoms with Crippen molar-refractivity contribution in [3.05, 3.63) is 35.9 Å². The highest BCUT2D eigenvalue weighted by Gasteiger charge is 2.14. The van der Waals surface area contributed by atoms with Crippen LogP contribution in [0.1, 0.15) is 25.8 Å². The molecule has 78 valence electrons. The van der Waals surface area contributed by atoms with E-state index in [1.165, 1.54) is 12.0 Å². The summed E-state index contributed by atoms with van der Waals surface area (Å²) in [5, 5.41) is 0. The second-order valence-electron chi connectivity index (χ2n) is 4.07. The van der Waals surface area contributed by atoms with Gasteiger partial charge in [0.05, 0.1) is 0 Å². The van der Waals surface area contributed by atoms with Crippen molar-refractivity contribution >= 4 is 0 Å². The molecule has 1 nitrogen and oxygen atoms in total. The Labute approximate surface area is 87.3 Å². The fourth-order valence-corrected chi connectivity index (χ4v) is 1.77. The van der Waals surface area contributed by atoms with Gasteiger partial charge in [0.15, 0.2) is 0 Å². The SMILES string of the molecule is CCC(C)C(CN)Cc1ccccc1. The van der Waals surface area contributed by atoms with Gasteiger partial charge < -0.3 is 5.73 Å².